The Kier molecular flexibility index (Phi) is 3.90. The predicted octanol–water partition coefficient (Wildman–Crippen LogP) is 2.94. The van der Waals surface area contributed by atoms with Crippen LogP contribution in [-0.4, -0.2) is 24.3 Å². The van der Waals surface area contributed by atoms with Crippen LogP contribution in [0.1, 0.15) is 25.0 Å². The number of carboxylic acid groups (broad SMARTS) is 1. The zero-order chi connectivity index (χ0) is 14.2. The molecular weight excluding hydrogens is 268 g/mol. The molecule has 19 heavy (non-hydrogen) atoms. The average Bonchev–Trinajstić information content (AvgIpc) is 2.74. The van der Waals surface area contributed by atoms with E-state index in [9.17, 15) is 4.79 Å². The third kappa shape index (κ3) is 2.63. The van der Waals surface area contributed by atoms with Gasteiger partial charge in [-0.1, -0.05) is 18.5 Å². The van der Waals surface area contributed by atoms with E-state index in [1.54, 1.807) is 20.1 Å². The summed E-state index contributed by atoms with van der Waals surface area (Å²) in [5.41, 5.74) is 1.71. The van der Waals surface area contributed by atoms with Crippen LogP contribution in [0.5, 0.6) is 11.5 Å². The summed E-state index contributed by atoms with van der Waals surface area (Å²) < 4.78 is 11.0. The van der Waals surface area contributed by atoms with Gasteiger partial charge in [-0.2, -0.15) is 0 Å². The minimum atomic E-state index is -0.833. The SMILES string of the molecule is COc1cc(CC(C)C(=O)O)c(Cl)c2c1OC(C)C2. The summed E-state index contributed by atoms with van der Waals surface area (Å²) in [7, 11) is 1.57. The van der Waals surface area contributed by atoms with Gasteiger partial charge in [-0.25, -0.2) is 0 Å². The smallest absolute Gasteiger partial charge is 0.306 e. The number of halogens is 1. The molecule has 1 N–H and O–H groups in total. The zero-order valence-electron chi connectivity index (χ0n) is 11.2. The average molecular weight is 285 g/mol. The molecule has 0 saturated heterocycles. The molecule has 2 rings (SSSR count). The first-order valence-corrected chi connectivity index (χ1v) is 6.59. The summed E-state index contributed by atoms with van der Waals surface area (Å²) in [5, 5.41) is 9.60. The Morgan fingerprint density at radius 2 is 2.37 bits per heavy atom. The molecular formula is C14H17ClO4. The molecule has 0 saturated carbocycles. The highest BCUT2D eigenvalue weighted by atomic mass is 35.5. The van der Waals surface area contributed by atoms with Gasteiger partial charge in [0.15, 0.2) is 11.5 Å². The van der Waals surface area contributed by atoms with Crippen LogP contribution in [0.15, 0.2) is 6.07 Å². The molecule has 0 radical (unpaired) electrons. The second kappa shape index (κ2) is 5.29. The standard InChI is InChI=1S/C14H17ClO4/c1-7(14(16)17)4-9-6-11(18-3)13-10(12(9)15)5-8(2)19-13/h6-8H,4-5H2,1-3H3,(H,16,17). The van der Waals surface area contributed by atoms with Gasteiger partial charge in [-0.3, -0.25) is 4.79 Å². The van der Waals surface area contributed by atoms with Gasteiger partial charge in [0.25, 0.3) is 0 Å². The van der Waals surface area contributed by atoms with Gasteiger partial charge >= 0.3 is 5.97 Å². The molecule has 2 unspecified atom stereocenters. The van der Waals surface area contributed by atoms with E-state index >= 15 is 0 Å². The van der Waals surface area contributed by atoms with Gasteiger partial charge in [0.2, 0.25) is 0 Å². The lowest BCUT2D eigenvalue weighted by molar-refractivity contribution is -0.141. The largest absolute Gasteiger partial charge is 0.493 e. The number of methoxy groups -OCH3 is 1. The molecule has 2 atom stereocenters. The number of ether oxygens (including phenoxy) is 2. The lowest BCUT2D eigenvalue weighted by Crippen LogP contribution is -2.12. The van der Waals surface area contributed by atoms with E-state index in [4.69, 9.17) is 26.2 Å². The number of carboxylic acids is 1. The Bertz CT molecular complexity index is 513. The summed E-state index contributed by atoms with van der Waals surface area (Å²) in [6.45, 7) is 3.63. The van der Waals surface area contributed by atoms with Crippen molar-refractivity contribution in [3.63, 3.8) is 0 Å². The molecule has 1 heterocycles. The number of fused-ring (bicyclic) bond motifs is 1. The molecule has 0 bridgehead atoms. The molecule has 0 amide bonds. The van der Waals surface area contributed by atoms with E-state index in [0.29, 0.717) is 22.9 Å². The molecule has 0 aromatic heterocycles. The minimum absolute atomic E-state index is 0.0635. The summed E-state index contributed by atoms with van der Waals surface area (Å²) in [6.07, 6.45) is 1.17. The number of carbonyl (C=O) groups is 1. The van der Waals surface area contributed by atoms with Gasteiger partial charge < -0.3 is 14.6 Å². The number of hydrogen-bond acceptors (Lipinski definition) is 3. The minimum Gasteiger partial charge on any atom is -0.493 e. The molecule has 1 aromatic rings. The fraction of sp³-hybridized carbons (Fsp3) is 0.500. The van der Waals surface area contributed by atoms with E-state index in [2.05, 4.69) is 0 Å². The fourth-order valence-corrected chi connectivity index (χ4v) is 2.58. The Balaban J connectivity index is 2.41. The van der Waals surface area contributed by atoms with E-state index in [-0.39, 0.29) is 6.10 Å². The lowest BCUT2D eigenvalue weighted by Gasteiger charge is -2.14. The van der Waals surface area contributed by atoms with Crippen LogP contribution in [0.3, 0.4) is 0 Å². The van der Waals surface area contributed by atoms with Crippen molar-refractivity contribution in [1.82, 2.24) is 0 Å². The van der Waals surface area contributed by atoms with Crippen LogP contribution in [0.4, 0.5) is 0 Å². The normalized spacial score (nSPS) is 18.6. The van der Waals surface area contributed by atoms with Gasteiger partial charge in [0, 0.05) is 12.0 Å². The Hall–Kier alpha value is -1.42. The molecule has 1 aliphatic rings. The lowest BCUT2D eigenvalue weighted by atomic mass is 9.97. The third-order valence-corrected chi connectivity index (χ3v) is 3.80. The highest BCUT2D eigenvalue weighted by Crippen LogP contribution is 2.44. The van der Waals surface area contributed by atoms with Crippen molar-refractivity contribution in [2.24, 2.45) is 5.92 Å². The first-order chi connectivity index (χ1) is 8.93. The second-order valence-electron chi connectivity index (χ2n) is 4.94. The third-order valence-electron chi connectivity index (χ3n) is 3.33. The van der Waals surface area contributed by atoms with Gasteiger partial charge in [-0.05, 0) is 25.0 Å². The quantitative estimate of drug-likeness (QED) is 0.923. The van der Waals surface area contributed by atoms with Gasteiger partial charge in [0.05, 0.1) is 18.1 Å². The predicted molar refractivity (Wildman–Crippen MR) is 72.3 cm³/mol. The van der Waals surface area contributed by atoms with E-state index in [0.717, 1.165) is 17.5 Å². The van der Waals surface area contributed by atoms with Crippen LogP contribution >= 0.6 is 11.6 Å². The highest BCUT2D eigenvalue weighted by molar-refractivity contribution is 6.32. The van der Waals surface area contributed by atoms with Crippen LogP contribution in [0.2, 0.25) is 5.02 Å². The Labute approximate surface area is 117 Å². The van der Waals surface area contributed by atoms with E-state index in [1.807, 2.05) is 6.92 Å². The van der Waals surface area contributed by atoms with Crippen molar-refractivity contribution in [3.05, 3.63) is 22.2 Å². The summed E-state index contributed by atoms with van der Waals surface area (Å²) in [4.78, 5) is 11.0. The number of rotatable bonds is 4. The molecule has 0 spiro atoms. The maximum absolute atomic E-state index is 11.0. The fourth-order valence-electron chi connectivity index (χ4n) is 2.29. The maximum Gasteiger partial charge on any atom is 0.306 e. The number of benzene rings is 1. The van der Waals surface area contributed by atoms with E-state index < -0.39 is 11.9 Å². The highest BCUT2D eigenvalue weighted by Gasteiger charge is 2.28. The molecule has 0 fully saturated rings. The summed E-state index contributed by atoms with van der Waals surface area (Å²) in [6, 6.07) is 1.78. The molecule has 5 heteroatoms. The van der Waals surface area contributed by atoms with Crippen molar-refractivity contribution in [3.8, 4) is 11.5 Å². The first-order valence-electron chi connectivity index (χ1n) is 6.21. The first kappa shape index (κ1) is 14.0. The van der Waals surface area contributed by atoms with Crippen molar-refractivity contribution in [2.45, 2.75) is 32.8 Å². The van der Waals surface area contributed by atoms with E-state index in [1.165, 1.54) is 0 Å². The topological polar surface area (TPSA) is 55.8 Å². The molecule has 0 aliphatic carbocycles. The molecule has 1 aliphatic heterocycles. The van der Waals surface area contributed by atoms with Crippen LogP contribution in [0.25, 0.3) is 0 Å². The number of hydrogen-bond donors (Lipinski definition) is 1. The molecule has 104 valence electrons. The van der Waals surface area contributed by atoms with Gasteiger partial charge in [0.1, 0.15) is 6.10 Å². The van der Waals surface area contributed by atoms with Crippen molar-refractivity contribution in [2.75, 3.05) is 7.11 Å². The Morgan fingerprint density at radius 1 is 1.68 bits per heavy atom. The molecule has 1 aromatic carbocycles. The molecule has 4 nitrogen and oxygen atoms in total. The summed E-state index contributed by atoms with van der Waals surface area (Å²) in [5.74, 6) is -0.0109. The Morgan fingerprint density at radius 3 is 2.95 bits per heavy atom. The van der Waals surface area contributed by atoms with Crippen molar-refractivity contribution in [1.29, 1.82) is 0 Å². The second-order valence-corrected chi connectivity index (χ2v) is 5.31. The van der Waals surface area contributed by atoms with Crippen molar-refractivity contribution < 1.29 is 19.4 Å². The zero-order valence-corrected chi connectivity index (χ0v) is 12.0. The monoisotopic (exact) mass is 284 g/mol. The van der Waals surface area contributed by atoms with Crippen LogP contribution in [-0.2, 0) is 17.6 Å². The summed E-state index contributed by atoms with van der Waals surface area (Å²) >= 11 is 6.37. The van der Waals surface area contributed by atoms with Crippen LogP contribution < -0.4 is 9.47 Å². The van der Waals surface area contributed by atoms with Crippen LogP contribution in [0, 0.1) is 5.92 Å². The van der Waals surface area contributed by atoms with Gasteiger partial charge in [-0.15, -0.1) is 0 Å². The van der Waals surface area contributed by atoms with Crippen molar-refractivity contribution >= 4 is 17.6 Å². The number of aliphatic carboxylic acids is 1. The maximum atomic E-state index is 11.0.